The van der Waals surface area contributed by atoms with Crippen LogP contribution >= 0.6 is 27.3 Å². The molecule has 1 aliphatic heterocycles. The number of benzene rings is 1. The van der Waals surface area contributed by atoms with Crippen LogP contribution in [0.1, 0.15) is 17.5 Å². The molecule has 3 aromatic rings. The molecule has 0 atom stereocenters. The van der Waals surface area contributed by atoms with E-state index in [4.69, 9.17) is 4.74 Å². The summed E-state index contributed by atoms with van der Waals surface area (Å²) in [6, 6.07) is 10.2. The second-order valence-corrected chi connectivity index (χ2v) is 8.84. The number of pyridine rings is 1. The van der Waals surface area contributed by atoms with Crippen LogP contribution in [0.4, 0.5) is 0 Å². The number of fused-ring (bicyclic) bond motifs is 2. The fraction of sp³-hybridized carbons (Fsp3) is 0.158. The summed E-state index contributed by atoms with van der Waals surface area (Å²) in [4.78, 5) is 9.10. The van der Waals surface area contributed by atoms with Gasteiger partial charge in [0.2, 0.25) is 0 Å². The van der Waals surface area contributed by atoms with Gasteiger partial charge in [0.15, 0.2) is 0 Å². The van der Waals surface area contributed by atoms with Crippen molar-refractivity contribution in [1.82, 2.24) is 9.97 Å². The molecule has 124 valence electrons. The first-order valence-electron chi connectivity index (χ1n) is 7.91. The third kappa shape index (κ3) is 3.46. The second kappa shape index (κ2) is 7.44. The number of thiazole rings is 1. The van der Waals surface area contributed by atoms with Gasteiger partial charge in [-0.15, -0.1) is 0 Å². The van der Waals surface area contributed by atoms with E-state index in [9.17, 15) is 0 Å². The number of allylic oxidation sites excluding steroid dienone is 2. The van der Waals surface area contributed by atoms with Gasteiger partial charge in [-0.25, -0.2) is 0 Å². The van der Waals surface area contributed by atoms with E-state index in [2.05, 4.69) is 66.3 Å². The Bertz CT molecular complexity index is 954. The quantitative estimate of drug-likeness (QED) is 0.415. The molecule has 0 fully saturated rings. The van der Waals surface area contributed by atoms with Crippen LogP contribution in [0, 0.1) is 0 Å². The van der Waals surface area contributed by atoms with Gasteiger partial charge in [-0.05, 0) is 0 Å². The van der Waals surface area contributed by atoms with Crippen LogP contribution in [-0.2, 0) is 6.42 Å². The molecule has 0 bridgehead atoms. The molecule has 2 aromatic heterocycles. The molecular formula is C19H14AsBrN2OS. The number of aromatic nitrogens is 2. The van der Waals surface area contributed by atoms with Crippen LogP contribution in [0.25, 0.3) is 16.8 Å². The predicted octanol–water partition coefficient (Wildman–Crippen LogP) is 4.52. The van der Waals surface area contributed by atoms with E-state index in [1.54, 1.807) is 17.5 Å². The number of hydrogen-bond acceptors (Lipinski definition) is 4. The molecule has 0 saturated carbocycles. The Labute approximate surface area is 167 Å². The standard InChI is InChI=1S/C19H14AsBrN2OS/c20-19-23-16(11-25-19)14-5-1-7-17-15(14)10-12(4-2-8-21)13-6-3-9-22-18(13)24-17/h1,3-7,9,11H,2,8,10H2. The normalized spacial score (nSPS) is 14.6. The van der Waals surface area contributed by atoms with Crippen LogP contribution in [0.3, 0.4) is 0 Å². The van der Waals surface area contributed by atoms with Gasteiger partial charge in [0.25, 0.3) is 0 Å². The maximum absolute atomic E-state index is 6.19. The summed E-state index contributed by atoms with van der Waals surface area (Å²) in [6.45, 7) is 0. The average molecular weight is 473 g/mol. The van der Waals surface area contributed by atoms with E-state index in [1.165, 1.54) is 11.1 Å². The summed E-state index contributed by atoms with van der Waals surface area (Å²) >= 11 is 7.67. The van der Waals surface area contributed by atoms with Crippen molar-refractivity contribution < 1.29 is 4.74 Å². The van der Waals surface area contributed by atoms with Crippen LogP contribution < -0.4 is 8.53 Å². The summed E-state index contributed by atoms with van der Waals surface area (Å²) in [5, 5.41) is 3.03. The van der Waals surface area contributed by atoms with Crippen molar-refractivity contribution in [2.75, 3.05) is 5.33 Å². The number of rotatable bonds is 3. The summed E-state index contributed by atoms with van der Waals surface area (Å²) in [5.41, 5.74) is 5.61. The zero-order valence-corrected chi connectivity index (χ0v) is 17.6. The summed E-state index contributed by atoms with van der Waals surface area (Å²) in [7, 11) is 0. The molecule has 3 nitrogen and oxygen atoms in total. The molecule has 0 unspecified atom stereocenters. The molecule has 2 radical (unpaired) electrons. The molecule has 6 heteroatoms. The minimum absolute atomic E-state index is 0.672. The Morgan fingerprint density at radius 3 is 2.92 bits per heavy atom. The van der Waals surface area contributed by atoms with Crippen molar-refractivity contribution >= 4 is 53.5 Å². The van der Waals surface area contributed by atoms with E-state index >= 15 is 0 Å². The van der Waals surface area contributed by atoms with Gasteiger partial charge in [-0.3, -0.25) is 0 Å². The number of nitrogens with zero attached hydrogens (tertiary/aromatic N) is 2. The van der Waals surface area contributed by atoms with E-state index in [0.717, 1.165) is 44.5 Å². The fourth-order valence-corrected chi connectivity index (χ4v) is 4.32. The Hall–Kier alpha value is -1.42. The van der Waals surface area contributed by atoms with Gasteiger partial charge < -0.3 is 0 Å². The summed E-state index contributed by atoms with van der Waals surface area (Å²) < 4.78 is 7.20. The van der Waals surface area contributed by atoms with Gasteiger partial charge >= 0.3 is 168 Å². The third-order valence-electron chi connectivity index (χ3n) is 4.09. The van der Waals surface area contributed by atoms with Crippen molar-refractivity contribution in [3.05, 3.63) is 59.1 Å². The van der Waals surface area contributed by atoms with Crippen molar-refractivity contribution in [1.29, 1.82) is 0 Å². The Kier molecular flexibility index (Phi) is 5.07. The van der Waals surface area contributed by atoms with Crippen LogP contribution in [0.5, 0.6) is 11.6 Å². The van der Waals surface area contributed by atoms with Crippen molar-refractivity contribution in [2.45, 2.75) is 12.8 Å². The molecule has 0 spiro atoms. The van der Waals surface area contributed by atoms with Gasteiger partial charge in [-0.1, -0.05) is 0 Å². The first kappa shape index (κ1) is 17.0. The Morgan fingerprint density at radius 1 is 1.24 bits per heavy atom. The molecule has 0 saturated heterocycles. The Morgan fingerprint density at radius 2 is 2.12 bits per heavy atom. The summed E-state index contributed by atoms with van der Waals surface area (Å²) in [6.07, 6.45) is 5.82. The SMILES string of the molecule is [As]c1nc(-c2cccc3c2CC(=CCCBr)c2cccnc2O3)cs1. The fourth-order valence-electron chi connectivity index (χ4n) is 2.99. The molecular weight excluding hydrogens is 459 g/mol. The van der Waals surface area contributed by atoms with Gasteiger partial charge in [0.05, 0.1) is 0 Å². The van der Waals surface area contributed by atoms with Gasteiger partial charge in [0, 0.05) is 0 Å². The van der Waals surface area contributed by atoms with E-state index in [1.807, 2.05) is 18.2 Å². The van der Waals surface area contributed by atoms with Crippen LogP contribution in [0.2, 0.25) is 0 Å². The number of halogens is 1. The average Bonchev–Trinajstić information content (AvgIpc) is 2.98. The molecule has 4 rings (SSSR count). The number of hydrogen-bond donors (Lipinski definition) is 0. The summed E-state index contributed by atoms with van der Waals surface area (Å²) in [5.74, 6) is 1.53. The molecule has 3 heterocycles. The monoisotopic (exact) mass is 472 g/mol. The zero-order chi connectivity index (χ0) is 17.2. The topological polar surface area (TPSA) is 35.0 Å². The number of alkyl halides is 1. The minimum atomic E-state index is 0.672. The van der Waals surface area contributed by atoms with Crippen molar-refractivity contribution in [3.63, 3.8) is 0 Å². The van der Waals surface area contributed by atoms with Crippen molar-refractivity contribution in [3.8, 4) is 22.9 Å². The molecule has 1 aromatic carbocycles. The van der Waals surface area contributed by atoms with E-state index in [0.29, 0.717) is 5.88 Å². The van der Waals surface area contributed by atoms with Crippen molar-refractivity contribution in [2.24, 2.45) is 0 Å². The molecule has 0 amide bonds. The molecule has 0 N–H and O–H groups in total. The van der Waals surface area contributed by atoms with Crippen LogP contribution in [-0.4, -0.2) is 32.2 Å². The Balaban J connectivity index is 1.88. The molecule has 1 aliphatic rings. The first-order valence-corrected chi connectivity index (χ1v) is 10.8. The van der Waals surface area contributed by atoms with E-state index < -0.39 is 0 Å². The molecule has 0 aliphatic carbocycles. The van der Waals surface area contributed by atoms with E-state index in [-0.39, 0.29) is 0 Å². The third-order valence-corrected chi connectivity index (χ3v) is 6.07. The zero-order valence-electron chi connectivity index (χ0n) is 13.3. The first-order chi connectivity index (χ1) is 12.3. The predicted molar refractivity (Wildman–Crippen MR) is 107 cm³/mol. The van der Waals surface area contributed by atoms with Gasteiger partial charge in [0.1, 0.15) is 0 Å². The molecule has 25 heavy (non-hydrogen) atoms. The maximum atomic E-state index is 6.19. The van der Waals surface area contributed by atoms with Gasteiger partial charge in [-0.2, -0.15) is 0 Å². The number of ether oxygens (including phenoxy) is 1. The second-order valence-electron chi connectivity index (χ2n) is 5.64. The van der Waals surface area contributed by atoms with Crippen LogP contribution in [0.15, 0.2) is 48.0 Å².